The summed E-state index contributed by atoms with van der Waals surface area (Å²) >= 11 is 0. The van der Waals surface area contributed by atoms with Crippen molar-refractivity contribution in [3.8, 4) is 0 Å². The Morgan fingerprint density at radius 3 is 2.48 bits per heavy atom. The molecule has 0 aromatic carbocycles. The molecule has 1 aliphatic carbocycles. The van der Waals surface area contributed by atoms with Crippen LogP contribution in [0, 0.1) is 5.41 Å². The van der Waals surface area contributed by atoms with Crippen LogP contribution in [0.4, 0.5) is 4.79 Å². The van der Waals surface area contributed by atoms with Crippen LogP contribution in [0.1, 0.15) is 65.7 Å². The molecular weight excluding hydrogens is 268 g/mol. The van der Waals surface area contributed by atoms with E-state index >= 15 is 0 Å². The zero-order valence-electron chi connectivity index (χ0n) is 13.4. The second-order valence-electron chi connectivity index (χ2n) is 7.59. The minimum atomic E-state index is -1.06. The molecule has 120 valence electrons. The number of carbonyl (C=O) groups excluding carboxylic acids is 1. The van der Waals surface area contributed by atoms with Crippen LogP contribution >= 0.6 is 0 Å². The average molecular weight is 296 g/mol. The van der Waals surface area contributed by atoms with Gasteiger partial charge in [0, 0.05) is 12.6 Å². The number of hydrogen-bond donors (Lipinski definition) is 2. The van der Waals surface area contributed by atoms with E-state index in [0.29, 0.717) is 13.0 Å². The molecule has 0 bridgehead atoms. The fraction of sp³-hybridized carbons (Fsp3) is 0.875. The number of nitrogens with one attached hydrogen (secondary N) is 1. The van der Waals surface area contributed by atoms with Gasteiger partial charge in [-0.15, -0.1) is 0 Å². The van der Waals surface area contributed by atoms with Crippen LogP contribution in [0.25, 0.3) is 0 Å². The van der Waals surface area contributed by atoms with Crippen molar-refractivity contribution in [2.75, 3.05) is 6.54 Å². The summed E-state index contributed by atoms with van der Waals surface area (Å²) in [6, 6.07) is -0.0384. The normalized spacial score (nSPS) is 32.5. The maximum atomic E-state index is 12.5. The standard InChI is InChI=1S/C16H28N2O3/c1-15(2)8-6-7-12(11-15)17-14(21)18-10-5-4-9-16(18,3)13(19)20/h12H,4-11H2,1-3H3,(H,17,21)(H,19,20). The van der Waals surface area contributed by atoms with Gasteiger partial charge in [-0.3, -0.25) is 0 Å². The Kier molecular flexibility index (Phi) is 4.49. The van der Waals surface area contributed by atoms with E-state index < -0.39 is 11.5 Å². The summed E-state index contributed by atoms with van der Waals surface area (Å²) in [7, 11) is 0. The number of carbonyl (C=O) groups is 2. The van der Waals surface area contributed by atoms with E-state index in [1.807, 2.05) is 0 Å². The van der Waals surface area contributed by atoms with E-state index in [-0.39, 0.29) is 17.5 Å². The molecule has 1 saturated heterocycles. The average Bonchev–Trinajstić information content (AvgIpc) is 2.37. The smallest absolute Gasteiger partial charge is 0.329 e. The number of carboxylic acid groups (broad SMARTS) is 1. The van der Waals surface area contributed by atoms with Crippen LogP contribution in [-0.4, -0.2) is 40.1 Å². The first-order valence-electron chi connectivity index (χ1n) is 8.06. The van der Waals surface area contributed by atoms with Gasteiger partial charge in [0.05, 0.1) is 0 Å². The Morgan fingerprint density at radius 2 is 1.86 bits per heavy atom. The fourth-order valence-corrected chi connectivity index (χ4v) is 3.74. The van der Waals surface area contributed by atoms with Gasteiger partial charge in [0.15, 0.2) is 0 Å². The molecule has 21 heavy (non-hydrogen) atoms. The Labute approximate surface area is 127 Å². The molecule has 2 atom stereocenters. The molecule has 5 heteroatoms. The van der Waals surface area contributed by atoms with Crippen LogP contribution in [0.2, 0.25) is 0 Å². The van der Waals surface area contributed by atoms with Crippen molar-refractivity contribution in [1.29, 1.82) is 0 Å². The van der Waals surface area contributed by atoms with Crippen molar-refractivity contribution in [3.05, 3.63) is 0 Å². The lowest BCUT2D eigenvalue weighted by Gasteiger charge is -2.43. The van der Waals surface area contributed by atoms with Crippen molar-refractivity contribution < 1.29 is 14.7 Å². The highest BCUT2D eigenvalue weighted by atomic mass is 16.4. The number of likely N-dealkylation sites (tertiary alicyclic amines) is 1. The number of carboxylic acids is 1. The number of hydrogen-bond acceptors (Lipinski definition) is 2. The molecule has 1 aliphatic heterocycles. The van der Waals surface area contributed by atoms with Crippen molar-refractivity contribution in [1.82, 2.24) is 10.2 Å². The molecule has 1 heterocycles. The van der Waals surface area contributed by atoms with Gasteiger partial charge in [0.1, 0.15) is 5.54 Å². The summed E-state index contributed by atoms with van der Waals surface area (Å²) in [4.78, 5) is 25.6. The molecule has 2 N–H and O–H groups in total. The molecule has 0 radical (unpaired) electrons. The second kappa shape index (κ2) is 5.85. The van der Waals surface area contributed by atoms with Gasteiger partial charge in [0.25, 0.3) is 0 Å². The van der Waals surface area contributed by atoms with Crippen LogP contribution in [0.15, 0.2) is 0 Å². The number of amides is 2. The Hall–Kier alpha value is -1.26. The highest BCUT2D eigenvalue weighted by Gasteiger charge is 2.44. The topological polar surface area (TPSA) is 69.6 Å². The molecule has 2 unspecified atom stereocenters. The summed E-state index contributed by atoms with van der Waals surface area (Å²) in [5.41, 5.74) is -0.805. The Morgan fingerprint density at radius 1 is 1.14 bits per heavy atom. The SMILES string of the molecule is CC1(C)CCCC(NC(=O)N2CCCCC2(C)C(=O)O)C1. The molecule has 2 amide bonds. The summed E-state index contributed by atoms with van der Waals surface area (Å²) in [5.74, 6) is -0.902. The molecule has 1 saturated carbocycles. The van der Waals surface area contributed by atoms with Crippen LogP contribution in [0.5, 0.6) is 0 Å². The zero-order valence-corrected chi connectivity index (χ0v) is 13.4. The quantitative estimate of drug-likeness (QED) is 0.823. The number of nitrogens with zero attached hydrogens (tertiary/aromatic N) is 1. The number of piperidine rings is 1. The van der Waals surface area contributed by atoms with E-state index in [1.54, 1.807) is 6.92 Å². The zero-order chi connectivity index (χ0) is 15.7. The highest BCUT2D eigenvalue weighted by molar-refractivity contribution is 5.86. The lowest BCUT2D eigenvalue weighted by Crippen LogP contribution is -2.61. The minimum Gasteiger partial charge on any atom is -0.480 e. The van der Waals surface area contributed by atoms with Gasteiger partial charge >= 0.3 is 12.0 Å². The van der Waals surface area contributed by atoms with Gasteiger partial charge in [-0.2, -0.15) is 0 Å². The summed E-state index contributed by atoms with van der Waals surface area (Å²) in [5, 5.41) is 12.6. The number of urea groups is 1. The third kappa shape index (κ3) is 3.50. The lowest BCUT2D eigenvalue weighted by molar-refractivity contribution is -0.150. The minimum absolute atomic E-state index is 0.168. The first-order chi connectivity index (χ1) is 9.74. The van der Waals surface area contributed by atoms with Crippen LogP contribution in [0.3, 0.4) is 0 Å². The largest absolute Gasteiger partial charge is 0.480 e. The van der Waals surface area contributed by atoms with E-state index in [2.05, 4.69) is 19.2 Å². The van der Waals surface area contributed by atoms with Gasteiger partial charge in [0.2, 0.25) is 0 Å². The van der Waals surface area contributed by atoms with E-state index in [4.69, 9.17) is 0 Å². The predicted octanol–water partition coefficient (Wildman–Crippen LogP) is 2.99. The van der Waals surface area contributed by atoms with Crippen molar-refractivity contribution >= 4 is 12.0 Å². The Bertz CT molecular complexity index is 422. The molecule has 0 aromatic rings. The summed E-state index contributed by atoms with van der Waals surface area (Å²) < 4.78 is 0. The van der Waals surface area contributed by atoms with Gasteiger partial charge in [-0.1, -0.05) is 20.3 Å². The van der Waals surface area contributed by atoms with Gasteiger partial charge in [-0.25, -0.2) is 9.59 Å². The van der Waals surface area contributed by atoms with Crippen molar-refractivity contribution in [3.63, 3.8) is 0 Å². The van der Waals surface area contributed by atoms with Crippen molar-refractivity contribution in [2.45, 2.75) is 77.3 Å². The first kappa shape index (κ1) is 16.1. The second-order valence-corrected chi connectivity index (χ2v) is 7.59. The monoisotopic (exact) mass is 296 g/mol. The molecule has 2 aliphatic rings. The molecular formula is C16H28N2O3. The number of aliphatic carboxylic acids is 1. The van der Waals surface area contributed by atoms with E-state index in [9.17, 15) is 14.7 Å². The third-order valence-electron chi connectivity index (χ3n) is 5.13. The van der Waals surface area contributed by atoms with E-state index in [0.717, 1.165) is 32.1 Å². The molecule has 5 nitrogen and oxygen atoms in total. The maximum absolute atomic E-state index is 12.5. The summed E-state index contributed by atoms with van der Waals surface area (Å²) in [6.07, 6.45) is 6.55. The predicted molar refractivity (Wildman–Crippen MR) is 81.2 cm³/mol. The Balaban J connectivity index is 2.03. The molecule has 2 rings (SSSR count). The maximum Gasteiger partial charge on any atom is 0.329 e. The summed E-state index contributed by atoms with van der Waals surface area (Å²) in [6.45, 7) is 6.66. The number of rotatable bonds is 2. The molecule has 2 fully saturated rings. The first-order valence-corrected chi connectivity index (χ1v) is 8.06. The highest BCUT2D eigenvalue weighted by Crippen LogP contribution is 2.35. The molecule has 0 spiro atoms. The van der Waals surface area contributed by atoms with Gasteiger partial charge in [-0.05, 0) is 50.9 Å². The third-order valence-corrected chi connectivity index (χ3v) is 5.13. The van der Waals surface area contributed by atoms with Crippen molar-refractivity contribution in [2.24, 2.45) is 5.41 Å². The molecule has 0 aromatic heterocycles. The van der Waals surface area contributed by atoms with Crippen LogP contribution in [-0.2, 0) is 4.79 Å². The lowest BCUT2D eigenvalue weighted by atomic mass is 9.75. The van der Waals surface area contributed by atoms with E-state index in [1.165, 1.54) is 11.3 Å². The van der Waals surface area contributed by atoms with Crippen LogP contribution < -0.4 is 5.32 Å². The fourth-order valence-electron chi connectivity index (χ4n) is 3.74. The van der Waals surface area contributed by atoms with Gasteiger partial charge < -0.3 is 15.3 Å².